The second-order valence-electron chi connectivity index (χ2n) is 8.79. The molecule has 1 amide bonds. The number of nitrogens with zero attached hydrogens (tertiary/aromatic N) is 4. The van der Waals surface area contributed by atoms with Crippen LogP contribution in [0.4, 0.5) is 0 Å². The molecule has 1 N–H and O–H groups in total. The minimum Gasteiger partial charge on any atom is -0.339 e. The molecular formula is C23H27N5O2. The lowest BCUT2D eigenvalue weighted by Gasteiger charge is -2.18. The molecule has 2 aliphatic rings. The number of hydrogen-bond donors (Lipinski definition) is 1. The standard InChI is InChI=1S/C23H27N5O2/c1-13(2)19(23-25-21(27-30-23)15-11-12-15)24-22(29)20-16-8-6-10-18(16)28(26-20)17-9-5-4-7-14(17)3/h4-5,7,9,13,15,19H,6,8,10-12H2,1-3H3,(H,24,29). The predicted octanol–water partition coefficient (Wildman–Crippen LogP) is 4.06. The molecule has 0 aliphatic heterocycles. The second-order valence-corrected chi connectivity index (χ2v) is 8.79. The summed E-state index contributed by atoms with van der Waals surface area (Å²) in [5, 5.41) is 12.0. The van der Waals surface area contributed by atoms with E-state index in [0.717, 1.165) is 60.4 Å². The van der Waals surface area contributed by atoms with E-state index >= 15 is 0 Å². The molecule has 2 heterocycles. The molecule has 1 fully saturated rings. The summed E-state index contributed by atoms with van der Waals surface area (Å²) in [5.41, 5.74) is 4.88. The van der Waals surface area contributed by atoms with Crippen molar-refractivity contribution in [2.45, 2.75) is 64.8 Å². The zero-order valence-electron chi connectivity index (χ0n) is 17.7. The fraction of sp³-hybridized carbons (Fsp3) is 0.478. The number of para-hydroxylation sites is 1. The Bertz CT molecular complexity index is 1090. The van der Waals surface area contributed by atoms with Crippen molar-refractivity contribution in [1.82, 2.24) is 25.2 Å². The maximum absolute atomic E-state index is 13.3. The Morgan fingerprint density at radius 3 is 2.77 bits per heavy atom. The van der Waals surface area contributed by atoms with Crippen LogP contribution in [-0.4, -0.2) is 25.8 Å². The van der Waals surface area contributed by atoms with E-state index in [1.54, 1.807) is 0 Å². The van der Waals surface area contributed by atoms with Crippen LogP contribution in [0.2, 0.25) is 0 Å². The van der Waals surface area contributed by atoms with Crippen molar-refractivity contribution in [2.75, 3.05) is 0 Å². The average Bonchev–Trinajstić information content (AvgIpc) is 3.14. The van der Waals surface area contributed by atoms with Gasteiger partial charge in [0.15, 0.2) is 11.5 Å². The summed E-state index contributed by atoms with van der Waals surface area (Å²) >= 11 is 0. The molecule has 1 unspecified atom stereocenters. The van der Waals surface area contributed by atoms with Crippen LogP contribution in [0.3, 0.4) is 0 Å². The molecule has 2 aromatic heterocycles. The van der Waals surface area contributed by atoms with Gasteiger partial charge in [0.05, 0.1) is 5.69 Å². The normalized spacial score (nSPS) is 16.7. The van der Waals surface area contributed by atoms with E-state index < -0.39 is 0 Å². The van der Waals surface area contributed by atoms with Gasteiger partial charge in [-0.15, -0.1) is 0 Å². The summed E-state index contributed by atoms with van der Waals surface area (Å²) in [4.78, 5) is 17.9. The summed E-state index contributed by atoms with van der Waals surface area (Å²) in [6.07, 6.45) is 5.08. The lowest BCUT2D eigenvalue weighted by molar-refractivity contribution is 0.0907. The molecule has 0 bridgehead atoms. The number of nitrogens with one attached hydrogen (secondary N) is 1. The van der Waals surface area contributed by atoms with E-state index in [-0.39, 0.29) is 17.9 Å². The topological polar surface area (TPSA) is 85.8 Å². The molecule has 2 aliphatic carbocycles. The quantitative estimate of drug-likeness (QED) is 0.668. The molecule has 1 saturated carbocycles. The Labute approximate surface area is 175 Å². The van der Waals surface area contributed by atoms with Crippen molar-refractivity contribution >= 4 is 5.91 Å². The molecule has 0 radical (unpaired) electrons. The molecule has 30 heavy (non-hydrogen) atoms. The van der Waals surface area contributed by atoms with Gasteiger partial charge in [0.25, 0.3) is 5.91 Å². The number of aryl methyl sites for hydroxylation is 1. The van der Waals surface area contributed by atoms with Crippen LogP contribution in [0, 0.1) is 12.8 Å². The van der Waals surface area contributed by atoms with Crippen LogP contribution < -0.4 is 5.32 Å². The lowest BCUT2D eigenvalue weighted by Crippen LogP contribution is -2.33. The van der Waals surface area contributed by atoms with E-state index in [2.05, 4.69) is 34.5 Å². The van der Waals surface area contributed by atoms with Gasteiger partial charge < -0.3 is 9.84 Å². The first-order valence-corrected chi connectivity index (χ1v) is 10.8. The van der Waals surface area contributed by atoms with Crippen LogP contribution in [-0.2, 0) is 12.8 Å². The van der Waals surface area contributed by atoms with Gasteiger partial charge in [0.2, 0.25) is 5.89 Å². The Hall–Kier alpha value is -2.96. The monoisotopic (exact) mass is 405 g/mol. The fourth-order valence-electron chi connectivity index (χ4n) is 4.22. The molecular weight excluding hydrogens is 378 g/mol. The van der Waals surface area contributed by atoms with Crippen LogP contribution in [0.25, 0.3) is 5.69 Å². The van der Waals surface area contributed by atoms with Gasteiger partial charge in [-0.2, -0.15) is 10.1 Å². The number of fused-ring (bicyclic) bond motifs is 1. The minimum atomic E-state index is -0.335. The lowest BCUT2D eigenvalue weighted by atomic mass is 10.0. The third-order valence-corrected chi connectivity index (χ3v) is 6.11. The number of hydrogen-bond acceptors (Lipinski definition) is 5. The smallest absolute Gasteiger partial charge is 0.272 e. The van der Waals surface area contributed by atoms with Crippen molar-refractivity contribution in [3.8, 4) is 5.69 Å². The van der Waals surface area contributed by atoms with E-state index in [9.17, 15) is 4.79 Å². The van der Waals surface area contributed by atoms with E-state index in [1.807, 2.05) is 30.7 Å². The van der Waals surface area contributed by atoms with Gasteiger partial charge in [-0.3, -0.25) is 4.79 Å². The minimum absolute atomic E-state index is 0.118. The molecule has 1 atom stereocenters. The molecule has 0 saturated heterocycles. The molecule has 7 nitrogen and oxygen atoms in total. The van der Waals surface area contributed by atoms with Crippen molar-refractivity contribution in [1.29, 1.82) is 0 Å². The number of benzene rings is 1. The Morgan fingerprint density at radius 1 is 1.23 bits per heavy atom. The summed E-state index contributed by atoms with van der Waals surface area (Å²) < 4.78 is 7.46. The zero-order valence-corrected chi connectivity index (χ0v) is 17.7. The zero-order chi connectivity index (χ0) is 20.8. The molecule has 1 aromatic carbocycles. The maximum Gasteiger partial charge on any atom is 0.272 e. The Morgan fingerprint density at radius 2 is 2.03 bits per heavy atom. The van der Waals surface area contributed by atoms with E-state index in [0.29, 0.717) is 17.5 Å². The summed E-state index contributed by atoms with van der Waals surface area (Å²) in [7, 11) is 0. The van der Waals surface area contributed by atoms with Crippen molar-refractivity contribution < 1.29 is 9.32 Å². The average molecular weight is 406 g/mol. The number of aromatic nitrogens is 4. The van der Waals surface area contributed by atoms with Crippen molar-refractivity contribution in [3.63, 3.8) is 0 Å². The molecule has 3 aromatic rings. The Kier molecular flexibility index (Phi) is 4.68. The number of carbonyl (C=O) groups excluding carboxylic acids is 1. The van der Waals surface area contributed by atoms with Crippen molar-refractivity contribution in [2.24, 2.45) is 5.92 Å². The van der Waals surface area contributed by atoms with Gasteiger partial charge in [0.1, 0.15) is 6.04 Å². The molecule has 156 valence electrons. The van der Waals surface area contributed by atoms with E-state index in [1.165, 1.54) is 0 Å². The third kappa shape index (κ3) is 3.32. The number of rotatable bonds is 6. The fourth-order valence-corrected chi connectivity index (χ4v) is 4.22. The highest BCUT2D eigenvalue weighted by molar-refractivity contribution is 5.94. The number of carbonyl (C=O) groups is 1. The first-order valence-electron chi connectivity index (χ1n) is 10.8. The van der Waals surface area contributed by atoms with Gasteiger partial charge >= 0.3 is 0 Å². The highest BCUT2D eigenvalue weighted by Gasteiger charge is 2.33. The molecule has 5 rings (SSSR count). The van der Waals surface area contributed by atoms with Gasteiger partial charge in [-0.05, 0) is 56.6 Å². The third-order valence-electron chi connectivity index (χ3n) is 6.11. The Balaban J connectivity index is 1.45. The molecule has 0 spiro atoms. The summed E-state index contributed by atoms with van der Waals surface area (Å²) in [5.74, 6) is 1.60. The van der Waals surface area contributed by atoms with Crippen LogP contribution >= 0.6 is 0 Å². The SMILES string of the molecule is Cc1ccccc1-n1nc(C(=O)NC(c2nc(C3CC3)no2)C(C)C)c2c1CCC2. The summed E-state index contributed by atoms with van der Waals surface area (Å²) in [6.45, 7) is 6.16. The predicted molar refractivity (Wildman–Crippen MR) is 112 cm³/mol. The van der Waals surface area contributed by atoms with Gasteiger partial charge in [-0.25, -0.2) is 4.68 Å². The van der Waals surface area contributed by atoms with Crippen molar-refractivity contribution in [3.05, 3.63) is 58.5 Å². The van der Waals surface area contributed by atoms with Crippen LogP contribution in [0.5, 0.6) is 0 Å². The first-order chi connectivity index (χ1) is 14.5. The van der Waals surface area contributed by atoms with E-state index in [4.69, 9.17) is 9.62 Å². The maximum atomic E-state index is 13.3. The van der Waals surface area contributed by atoms with Crippen LogP contribution in [0.15, 0.2) is 28.8 Å². The first kappa shape index (κ1) is 19.0. The number of amides is 1. The highest BCUT2D eigenvalue weighted by atomic mass is 16.5. The summed E-state index contributed by atoms with van der Waals surface area (Å²) in [6, 6.07) is 7.81. The molecule has 7 heteroatoms. The second kappa shape index (κ2) is 7.38. The van der Waals surface area contributed by atoms with Gasteiger partial charge in [-0.1, -0.05) is 37.2 Å². The van der Waals surface area contributed by atoms with Gasteiger partial charge in [0, 0.05) is 17.2 Å². The largest absolute Gasteiger partial charge is 0.339 e. The highest BCUT2D eigenvalue weighted by Crippen LogP contribution is 2.39. The van der Waals surface area contributed by atoms with Crippen LogP contribution in [0.1, 0.15) is 84.1 Å².